The Bertz CT molecular complexity index is 800. The van der Waals surface area contributed by atoms with Crippen LogP contribution in [-0.4, -0.2) is 29.4 Å². The summed E-state index contributed by atoms with van der Waals surface area (Å²) in [5, 5.41) is 5.74. The van der Waals surface area contributed by atoms with Gasteiger partial charge in [0.1, 0.15) is 0 Å². The second kappa shape index (κ2) is 8.36. The molecule has 2 rings (SSSR count). The van der Waals surface area contributed by atoms with Crippen LogP contribution < -0.4 is 10.6 Å². The highest BCUT2D eigenvalue weighted by Crippen LogP contribution is 2.18. The summed E-state index contributed by atoms with van der Waals surface area (Å²) < 4.78 is 0.959. The minimum absolute atomic E-state index is 0.171. The molecule has 0 radical (unpaired) electrons. The summed E-state index contributed by atoms with van der Waals surface area (Å²) in [5.41, 5.74) is 1.78. The molecule has 2 N–H and O–H groups in total. The lowest BCUT2D eigenvalue weighted by atomic mass is 10.1. The van der Waals surface area contributed by atoms with Crippen LogP contribution in [0, 0.1) is 0 Å². The molecule has 0 bridgehead atoms. The molecule has 0 heterocycles. The van der Waals surface area contributed by atoms with Gasteiger partial charge in [-0.3, -0.25) is 4.79 Å². The number of hydrogen-bond acceptors (Lipinski definition) is 2. The number of urea groups is 1. The van der Waals surface area contributed by atoms with E-state index >= 15 is 0 Å². The fraction of sp³-hybridized carbons (Fsp3) is 0.300. The first kappa shape index (κ1) is 20.0. The lowest BCUT2D eigenvalue weighted by molar-refractivity contribution is 0.0919. The first-order chi connectivity index (χ1) is 12.2. The van der Waals surface area contributed by atoms with Crippen molar-refractivity contribution < 1.29 is 9.59 Å². The topological polar surface area (TPSA) is 61.4 Å². The zero-order valence-electron chi connectivity index (χ0n) is 15.5. The molecule has 5 nitrogen and oxygen atoms in total. The molecule has 0 atom stereocenters. The Morgan fingerprint density at radius 1 is 1.08 bits per heavy atom. The van der Waals surface area contributed by atoms with Crippen molar-refractivity contribution in [1.29, 1.82) is 0 Å². The number of nitrogens with one attached hydrogen (secondary N) is 2. The summed E-state index contributed by atoms with van der Waals surface area (Å²) in [6.45, 7) is 6.24. The predicted molar refractivity (Wildman–Crippen MR) is 108 cm³/mol. The fourth-order valence-corrected chi connectivity index (χ4v) is 2.73. The maximum atomic E-state index is 12.4. The van der Waals surface area contributed by atoms with Gasteiger partial charge >= 0.3 is 6.03 Å². The highest BCUT2D eigenvalue weighted by atomic mass is 79.9. The molecule has 26 heavy (non-hydrogen) atoms. The van der Waals surface area contributed by atoms with Crippen LogP contribution in [0.4, 0.5) is 10.5 Å². The van der Waals surface area contributed by atoms with Gasteiger partial charge in [-0.25, -0.2) is 4.79 Å². The zero-order valence-corrected chi connectivity index (χ0v) is 17.1. The van der Waals surface area contributed by atoms with E-state index in [4.69, 9.17) is 0 Å². The maximum Gasteiger partial charge on any atom is 0.321 e. The van der Waals surface area contributed by atoms with Crippen LogP contribution in [0.25, 0.3) is 0 Å². The Morgan fingerprint density at radius 3 is 2.42 bits per heavy atom. The van der Waals surface area contributed by atoms with Crippen LogP contribution in [0.2, 0.25) is 0 Å². The summed E-state index contributed by atoms with van der Waals surface area (Å²) >= 11 is 3.49. The molecule has 0 aliphatic rings. The Balaban J connectivity index is 2.03. The average Bonchev–Trinajstić information content (AvgIpc) is 2.55. The van der Waals surface area contributed by atoms with Crippen molar-refractivity contribution in [2.45, 2.75) is 32.9 Å². The van der Waals surface area contributed by atoms with E-state index in [9.17, 15) is 9.59 Å². The van der Waals surface area contributed by atoms with Crippen LogP contribution in [0.3, 0.4) is 0 Å². The number of nitrogens with zero attached hydrogens (tertiary/aromatic N) is 1. The number of anilines is 1. The third kappa shape index (κ3) is 5.88. The molecule has 3 amide bonds. The van der Waals surface area contributed by atoms with Crippen molar-refractivity contribution in [3.05, 3.63) is 64.1 Å². The van der Waals surface area contributed by atoms with Crippen molar-refractivity contribution in [3.63, 3.8) is 0 Å². The predicted octanol–water partition coefficient (Wildman–Crippen LogP) is 4.64. The van der Waals surface area contributed by atoms with Gasteiger partial charge < -0.3 is 15.5 Å². The molecule has 0 saturated heterocycles. The van der Waals surface area contributed by atoms with Crippen LogP contribution >= 0.6 is 15.9 Å². The van der Waals surface area contributed by atoms with Gasteiger partial charge in [0.05, 0.1) is 0 Å². The molecule has 0 fully saturated rings. The van der Waals surface area contributed by atoms with E-state index in [1.807, 2.05) is 45.0 Å². The summed E-state index contributed by atoms with van der Waals surface area (Å²) in [6, 6.07) is 14.4. The largest absolute Gasteiger partial charge is 0.347 e. The minimum Gasteiger partial charge on any atom is -0.347 e. The van der Waals surface area contributed by atoms with E-state index in [2.05, 4.69) is 26.6 Å². The Hall–Kier alpha value is -2.34. The van der Waals surface area contributed by atoms with Crippen LogP contribution in [0.15, 0.2) is 53.0 Å². The third-order valence-electron chi connectivity index (χ3n) is 3.58. The van der Waals surface area contributed by atoms with Gasteiger partial charge in [-0.1, -0.05) is 40.2 Å². The van der Waals surface area contributed by atoms with E-state index in [0.717, 1.165) is 10.0 Å². The van der Waals surface area contributed by atoms with E-state index < -0.39 is 0 Å². The highest BCUT2D eigenvalue weighted by Gasteiger charge is 2.16. The van der Waals surface area contributed by atoms with E-state index in [1.54, 1.807) is 36.2 Å². The Kier molecular flexibility index (Phi) is 6.42. The van der Waals surface area contributed by atoms with Crippen LogP contribution in [-0.2, 0) is 6.54 Å². The molecule has 0 saturated carbocycles. The third-order valence-corrected chi connectivity index (χ3v) is 4.35. The van der Waals surface area contributed by atoms with Crippen molar-refractivity contribution in [2.75, 3.05) is 12.4 Å². The van der Waals surface area contributed by atoms with Crippen LogP contribution in [0.1, 0.15) is 36.7 Å². The first-order valence-electron chi connectivity index (χ1n) is 8.34. The maximum absolute atomic E-state index is 12.4. The smallest absolute Gasteiger partial charge is 0.321 e. The second-order valence-electron chi connectivity index (χ2n) is 7.16. The number of rotatable bonds is 4. The first-order valence-corrected chi connectivity index (χ1v) is 9.13. The summed E-state index contributed by atoms with van der Waals surface area (Å²) in [6.07, 6.45) is 0. The standard InChI is InChI=1S/C20H24BrN3O2/c1-20(2,3)23-18(25)14-9-7-10-16(12-14)22-19(26)24(4)13-15-8-5-6-11-17(15)21/h5-12H,13H2,1-4H3,(H,22,26)(H,23,25). The molecular formula is C20H24BrN3O2. The minimum atomic E-state index is -0.320. The molecule has 0 aliphatic heterocycles. The lowest BCUT2D eigenvalue weighted by Crippen LogP contribution is -2.40. The molecule has 6 heteroatoms. The molecule has 2 aromatic carbocycles. The molecule has 138 valence electrons. The van der Waals surface area contributed by atoms with Gasteiger partial charge in [0.15, 0.2) is 0 Å². The van der Waals surface area contributed by atoms with Crippen LogP contribution in [0.5, 0.6) is 0 Å². The van der Waals surface area contributed by atoms with E-state index in [-0.39, 0.29) is 17.5 Å². The van der Waals surface area contributed by atoms with Gasteiger partial charge in [0, 0.05) is 34.9 Å². The molecule has 0 aromatic heterocycles. The van der Waals surface area contributed by atoms with Gasteiger partial charge in [-0.15, -0.1) is 0 Å². The molecule has 0 aliphatic carbocycles. The second-order valence-corrected chi connectivity index (χ2v) is 8.02. The monoisotopic (exact) mass is 417 g/mol. The number of benzene rings is 2. The number of carbonyl (C=O) groups excluding carboxylic acids is 2. The Morgan fingerprint density at radius 2 is 1.77 bits per heavy atom. The summed E-state index contributed by atoms with van der Waals surface area (Å²) in [7, 11) is 1.73. The van der Waals surface area contributed by atoms with Gasteiger partial charge in [-0.05, 0) is 50.6 Å². The number of amides is 3. The van der Waals surface area contributed by atoms with Gasteiger partial charge in [0.25, 0.3) is 5.91 Å². The summed E-state index contributed by atoms with van der Waals surface area (Å²) in [4.78, 5) is 26.3. The average molecular weight is 418 g/mol. The van der Waals surface area contributed by atoms with Gasteiger partial charge in [-0.2, -0.15) is 0 Å². The highest BCUT2D eigenvalue weighted by molar-refractivity contribution is 9.10. The van der Waals surface area contributed by atoms with Crippen molar-refractivity contribution in [1.82, 2.24) is 10.2 Å². The SMILES string of the molecule is CN(Cc1ccccc1Br)C(=O)Nc1cccc(C(=O)NC(C)(C)C)c1. The van der Waals surface area contributed by atoms with Gasteiger partial charge in [0.2, 0.25) is 0 Å². The van der Waals surface area contributed by atoms with Crippen molar-refractivity contribution >= 4 is 33.6 Å². The number of hydrogen-bond donors (Lipinski definition) is 2. The van der Waals surface area contributed by atoms with Crippen molar-refractivity contribution in [2.24, 2.45) is 0 Å². The molecule has 0 spiro atoms. The van der Waals surface area contributed by atoms with E-state index in [0.29, 0.717) is 17.8 Å². The molecular weight excluding hydrogens is 394 g/mol. The van der Waals surface area contributed by atoms with E-state index in [1.165, 1.54) is 0 Å². The quantitative estimate of drug-likeness (QED) is 0.760. The molecule has 2 aromatic rings. The molecule has 0 unspecified atom stereocenters. The fourth-order valence-electron chi connectivity index (χ4n) is 2.32. The Labute approximate surface area is 162 Å². The van der Waals surface area contributed by atoms with Crippen molar-refractivity contribution in [3.8, 4) is 0 Å². The lowest BCUT2D eigenvalue weighted by Gasteiger charge is -2.21. The summed E-state index contributed by atoms with van der Waals surface area (Å²) in [5.74, 6) is -0.171. The zero-order chi connectivity index (χ0) is 19.3. The number of carbonyl (C=O) groups is 2. The normalized spacial score (nSPS) is 11.0. The number of halogens is 1.